The summed E-state index contributed by atoms with van der Waals surface area (Å²) in [6, 6.07) is 6.92. The fraction of sp³-hybridized carbons (Fsp3) is 0.583. The molecule has 4 N–H and O–H groups in total. The normalized spacial score (nSPS) is 36.9. The molecule has 0 saturated carbocycles. The van der Waals surface area contributed by atoms with E-state index in [0.29, 0.717) is 11.3 Å². The van der Waals surface area contributed by atoms with E-state index in [4.69, 9.17) is 28.4 Å². The van der Waals surface area contributed by atoms with Crippen LogP contribution < -0.4 is 4.74 Å². The summed E-state index contributed by atoms with van der Waals surface area (Å²) in [7, 11) is 1.54. The van der Waals surface area contributed by atoms with Crippen LogP contribution in [0.1, 0.15) is 26.3 Å². The summed E-state index contributed by atoms with van der Waals surface area (Å²) < 4.78 is 32.4. The molecule has 0 spiro atoms. The number of aliphatic hydroxyl groups excluding tert-OH is 4. The quantitative estimate of drug-likeness (QED) is 0.273. The van der Waals surface area contributed by atoms with Crippen molar-refractivity contribution >= 4 is 18.0 Å². The molecule has 36 heavy (non-hydrogen) atoms. The van der Waals surface area contributed by atoms with Crippen molar-refractivity contribution in [2.45, 2.75) is 82.2 Å². The number of carbonyl (C=O) groups excluding carboxylic acids is 2. The molecule has 1 aromatic rings. The Kier molecular flexibility index (Phi) is 9.41. The van der Waals surface area contributed by atoms with Crippen molar-refractivity contribution in [3.8, 4) is 5.75 Å². The fourth-order valence-corrected chi connectivity index (χ4v) is 3.96. The van der Waals surface area contributed by atoms with Gasteiger partial charge in [0.2, 0.25) is 0 Å². The van der Waals surface area contributed by atoms with Crippen molar-refractivity contribution in [1.82, 2.24) is 0 Å². The number of aliphatic hydroxyl groups is 4. The first-order valence-electron chi connectivity index (χ1n) is 11.4. The highest BCUT2D eigenvalue weighted by molar-refractivity contribution is 5.87. The van der Waals surface area contributed by atoms with Crippen LogP contribution in [0.5, 0.6) is 5.75 Å². The molecule has 3 rings (SSSR count). The van der Waals surface area contributed by atoms with Gasteiger partial charge in [0.05, 0.1) is 19.3 Å². The fourth-order valence-electron chi connectivity index (χ4n) is 3.96. The van der Waals surface area contributed by atoms with Crippen LogP contribution in [0.15, 0.2) is 30.3 Å². The summed E-state index contributed by atoms with van der Waals surface area (Å²) in [5.74, 6) is -0.876. The first kappa shape index (κ1) is 28.0. The monoisotopic (exact) mass is 512 g/mol. The Morgan fingerprint density at radius 2 is 1.53 bits per heavy atom. The molecule has 0 bridgehead atoms. The second-order valence-corrected chi connectivity index (χ2v) is 8.60. The lowest BCUT2D eigenvalue weighted by atomic mass is 9.97. The molecule has 2 aliphatic heterocycles. The van der Waals surface area contributed by atoms with Gasteiger partial charge in [-0.2, -0.15) is 0 Å². The molecule has 0 radical (unpaired) electrons. The second kappa shape index (κ2) is 12.1. The van der Waals surface area contributed by atoms with Crippen molar-refractivity contribution in [3.05, 3.63) is 35.9 Å². The lowest BCUT2D eigenvalue weighted by Gasteiger charge is -2.45. The van der Waals surface area contributed by atoms with E-state index in [0.717, 1.165) is 6.92 Å². The van der Waals surface area contributed by atoms with E-state index < -0.39 is 73.4 Å². The average molecular weight is 513 g/mol. The third-order valence-electron chi connectivity index (χ3n) is 5.93. The van der Waals surface area contributed by atoms with Gasteiger partial charge in [0.15, 0.2) is 30.9 Å². The van der Waals surface area contributed by atoms with Crippen LogP contribution in [-0.2, 0) is 33.3 Å². The lowest BCUT2D eigenvalue weighted by Crippen LogP contribution is -2.64. The number of esters is 2. The third-order valence-corrected chi connectivity index (χ3v) is 5.93. The predicted octanol–water partition coefficient (Wildman–Crippen LogP) is -0.498. The van der Waals surface area contributed by atoms with E-state index in [9.17, 15) is 30.0 Å². The molecular formula is C24H32O12. The first-order valence-corrected chi connectivity index (χ1v) is 11.4. The van der Waals surface area contributed by atoms with E-state index in [1.807, 2.05) is 0 Å². The number of hydrogen-bond acceptors (Lipinski definition) is 12. The Morgan fingerprint density at radius 3 is 2.14 bits per heavy atom. The van der Waals surface area contributed by atoms with E-state index in [1.54, 1.807) is 24.3 Å². The largest absolute Gasteiger partial charge is 0.497 e. The number of ether oxygens (including phenoxy) is 6. The minimum absolute atomic E-state index is 0.653. The first-order chi connectivity index (χ1) is 17.0. The third kappa shape index (κ3) is 6.59. The van der Waals surface area contributed by atoms with Gasteiger partial charge in [0.1, 0.15) is 24.1 Å². The minimum atomic E-state index is -1.69. The summed E-state index contributed by atoms with van der Waals surface area (Å²) in [6.07, 6.45) is -11.0. The molecule has 12 nitrogen and oxygen atoms in total. The van der Waals surface area contributed by atoms with Crippen LogP contribution in [-0.4, -0.2) is 101 Å². The topological polar surface area (TPSA) is 170 Å². The number of carbonyl (C=O) groups is 2. The van der Waals surface area contributed by atoms with Gasteiger partial charge in [-0.05, 0) is 37.6 Å². The molecule has 200 valence electrons. The maximum Gasteiger partial charge on any atom is 0.331 e. The highest BCUT2D eigenvalue weighted by Gasteiger charge is 2.52. The highest BCUT2D eigenvalue weighted by atomic mass is 16.7. The summed E-state index contributed by atoms with van der Waals surface area (Å²) in [6.45, 7) is 4.09. The van der Waals surface area contributed by atoms with Gasteiger partial charge in [0.25, 0.3) is 0 Å². The molecule has 2 saturated heterocycles. The van der Waals surface area contributed by atoms with Gasteiger partial charge in [-0.25, -0.2) is 4.79 Å². The summed E-state index contributed by atoms with van der Waals surface area (Å²) in [4.78, 5) is 24.4. The Morgan fingerprint density at radius 1 is 0.861 bits per heavy atom. The maximum absolute atomic E-state index is 12.6. The summed E-state index contributed by atoms with van der Waals surface area (Å²) >= 11 is 0. The molecule has 10 unspecified atom stereocenters. The van der Waals surface area contributed by atoms with E-state index in [-0.39, 0.29) is 0 Å². The molecule has 0 aliphatic carbocycles. The molecule has 2 heterocycles. The van der Waals surface area contributed by atoms with Crippen LogP contribution in [0.3, 0.4) is 0 Å². The molecule has 10 atom stereocenters. The highest BCUT2D eigenvalue weighted by Crippen LogP contribution is 2.31. The van der Waals surface area contributed by atoms with Gasteiger partial charge in [-0.1, -0.05) is 12.1 Å². The molecule has 0 amide bonds. The summed E-state index contributed by atoms with van der Waals surface area (Å²) in [5.41, 5.74) is 0.701. The van der Waals surface area contributed by atoms with Crippen molar-refractivity contribution in [2.75, 3.05) is 7.11 Å². The minimum Gasteiger partial charge on any atom is -0.497 e. The van der Waals surface area contributed by atoms with Crippen molar-refractivity contribution in [2.24, 2.45) is 0 Å². The molecular weight excluding hydrogens is 480 g/mol. The van der Waals surface area contributed by atoms with E-state index in [1.165, 1.54) is 33.1 Å². The van der Waals surface area contributed by atoms with Crippen LogP contribution in [0, 0.1) is 0 Å². The average Bonchev–Trinajstić information content (AvgIpc) is 2.84. The Hall–Kier alpha value is -2.58. The SMILES string of the molecule is COc1ccc(/C=C/C(=O)OC2C(C)OC(O)C(OC3OC(C)C(O)C(O)C3O)C2OC(C)=O)cc1. The van der Waals surface area contributed by atoms with Gasteiger partial charge < -0.3 is 48.8 Å². The smallest absolute Gasteiger partial charge is 0.331 e. The number of hydrogen-bond donors (Lipinski definition) is 4. The molecule has 12 heteroatoms. The Labute approximate surface area is 207 Å². The molecule has 2 fully saturated rings. The zero-order valence-electron chi connectivity index (χ0n) is 20.3. The maximum atomic E-state index is 12.6. The van der Waals surface area contributed by atoms with Crippen LogP contribution in [0.25, 0.3) is 6.08 Å². The van der Waals surface area contributed by atoms with Crippen molar-refractivity contribution in [3.63, 3.8) is 0 Å². The van der Waals surface area contributed by atoms with Crippen LogP contribution in [0.2, 0.25) is 0 Å². The van der Waals surface area contributed by atoms with Gasteiger partial charge in [-0.3, -0.25) is 4.79 Å². The zero-order valence-corrected chi connectivity index (χ0v) is 20.3. The number of benzene rings is 1. The summed E-state index contributed by atoms with van der Waals surface area (Å²) in [5, 5.41) is 40.8. The Balaban J connectivity index is 1.76. The van der Waals surface area contributed by atoms with Crippen LogP contribution >= 0.6 is 0 Å². The predicted molar refractivity (Wildman–Crippen MR) is 121 cm³/mol. The lowest BCUT2D eigenvalue weighted by molar-refractivity contribution is -0.356. The second-order valence-electron chi connectivity index (χ2n) is 8.60. The number of rotatable bonds is 7. The molecule has 1 aromatic carbocycles. The van der Waals surface area contributed by atoms with Gasteiger partial charge >= 0.3 is 11.9 Å². The van der Waals surface area contributed by atoms with Crippen molar-refractivity contribution < 1.29 is 58.4 Å². The van der Waals surface area contributed by atoms with E-state index in [2.05, 4.69) is 0 Å². The standard InChI is InChI=1S/C24H32O12/c1-11-17(27)18(28)19(29)24(33-11)36-22-21(34-13(3)25)20(12(2)32-23(22)30)35-16(26)10-7-14-5-8-15(31-4)9-6-14/h5-12,17-24,27-30H,1-4H3/b10-7+. The molecule has 0 aromatic heterocycles. The zero-order chi connectivity index (χ0) is 26.6. The van der Waals surface area contributed by atoms with Gasteiger partial charge in [-0.15, -0.1) is 0 Å². The Bertz CT molecular complexity index is 918. The number of methoxy groups -OCH3 is 1. The van der Waals surface area contributed by atoms with Gasteiger partial charge in [0, 0.05) is 13.0 Å². The molecule has 2 aliphatic rings. The van der Waals surface area contributed by atoms with Crippen LogP contribution in [0.4, 0.5) is 0 Å². The van der Waals surface area contributed by atoms with Crippen molar-refractivity contribution in [1.29, 1.82) is 0 Å². The van der Waals surface area contributed by atoms with E-state index >= 15 is 0 Å².